The summed E-state index contributed by atoms with van der Waals surface area (Å²) in [5, 5.41) is 2.57. The first-order valence-electron chi connectivity index (χ1n) is 11.5. The number of imide groups is 1. The number of carbonyl (C=O) groups is 5. The van der Waals surface area contributed by atoms with E-state index in [2.05, 4.69) is 10.1 Å². The van der Waals surface area contributed by atoms with Crippen LogP contribution in [0.2, 0.25) is 0 Å². The van der Waals surface area contributed by atoms with Crippen molar-refractivity contribution in [2.45, 2.75) is 19.3 Å². The van der Waals surface area contributed by atoms with Crippen LogP contribution in [0.1, 0.15) is 40.0 Å². The topological polar surface area (TPSA) is 119 Å². The van der Waals surface area contributed by atoms with E-state index in [0.717, 1.165) is 19.3 Å². The number of rotatable bonds is 6. The van der Waals surface area contributed by atoms with Gasteiger partial charge in [-0.3, -0.25) is 19.3 Å². The van der Waals surface area contributed by atoms with E-state index in [1.807, 2.05) is 0 Å². The quantitative estimate of drug-likeness (QED) is 0.503. The number of ether oxygens (including phenoxy) is 2. The molecule has 2 aliphatic carbocycles. The van der Waals surface area contributed by atoms with Crippen LogP contribution in [0.15, 0.2) is 48.5 Å². The fraction of sp³-hybridized carbons (Fsp3) is 0.346. The summed E-state index contributed by atoms with van der Waals surface area (Å²) in [6.45, 7) is -0.531. The molecule has 9 heteroatoms. The Morgan fingerprint density at radius 1 is 0.914 bits per heavy atom. The van der Waals surface area contributed by atoms with Crippen LogP contribution in [-0.2, 0) is 23.9 Å². The Bertz CT molecular complexity index is 1190. The van der Waals surface area contributed by atoms with Gasteiger partial charge in [-0.2, -0.15) is 0 Å². The lowest BCUT2D eigenvalue weighted by Gasteiger charge is -2.19. The van der Waals surface area contributed by atoms with Crippen LogP contribution in [0.25, 0.3) is 0 Å². The van der Waals surface area contributed by atoms with Crippen molar-refractivity contribution in [2.75, 3.05) is 23.9 Å². The Balaban J connectivity index is 1.20. The van der Waals surface area contributed by atoms with Crippen molar-refractivity contribution in [2.24, 2.45) is 23.7 Å². The van der Waals surface area contributed by atoms with E-state index in [9.17, 15) is 24.0 Å². The Kier molecular flexibility index (Phi) is 5.84. The number of methoxy groups -OCH3 is 1. The predicted molar refractivity (Wildman–Crippen MR) is 123 cm³/mol. The van der Waals surface area contributed by atoms with E-state index in [1.165, 1.54) is 48.4 Å². The summed E-state index contributed by atoms with van der Waals surface area (Å²) >= 11 is 0. The first kappa shape index (κ1) is 22.8. The Labute approximate surface area is 201 Å². The summed E-state index contributed by atoms with van der Waals surface area (Å²) in [5.41, 5.74) is 1.24. The second-order valence-electron chi connectivity index (χ2n) is 9.14. The largest absolute Gasteiger partial charge is 0.465 e. The number of benzene rings is 2. The Morgan fingerprint density at radius 3 is 2.20 bits per heavy atom. The number of nitrogens with zero attached hydrogens (tertiary/aromatic N) is 1. The average molecular weight is 476 g/mol. The van der Waals surface area contributed by atoms with Gasteiger partial charge in [-0.15, -0.1) is 0 Å². The van der Waals surface area contributed by atoms with Crippen molar-refractivity contribution < 1.29 is 33.4 Å². The molecule has 0 aromatic heterocycles. The number of hydrogen-bond donors (Lipinski definition) is 1. The highest BCUT2D eigenvalue weighted by Gasteiger charge is 2.61. The van der Waals surface area contributed by atoms with E-state index in [4.69, 9.17) is 4.74 Å². The van der Waals surface area contributed by atoms with Gasteiger partial charge < -0.3 is 14.8 Å². The normalized spacial score (nSPS) is 24.3. The minimum atomic E-state index is -0.748. The van der Waals surface area contributed by atoms with Crippen LogP contribution in [0.4, 0.5) is 11.4 Å². The summed E-state index contributed by atoms with van der Waals surface area (Å²) in [6.07, 6.45) is 2.93. The first-order chi connectivity index (χ1) is 16.9. The molecule has 9 nitrogen and oxygen atoms in total. The van der Waals surface area contributed by atoms with Gasteiger partial charge in [0.1, 0.15) is 0 Å². The van der Waals surface area contributed by atoms with Crippen LogP contribution >= 0.6 is 0 Å². The molecule has 2 saturated carbocycles. The molecule has 0 spiro atoms. The van der Waals surface area contributed by atoms with Gasteiger partial charge in [0.25, 0.3) is 5.91 Å². The summed E-state index contributed by atoms with van der Waals surface area (Å²) in [4.78, 5) is 63.5. The van der Waals surface area contributed by atoms with Crippen molar-refractivity contribution in [1.82, 2.24) is 0 Å². The lowest BCUT2D eigenvalue weighted by atomic mass is 9.81. The number of fused-ring (bicyclic) bond motifs is 5. The number of nitrogens with one attached hydrogen (secondary N) is 1. The predicted octanol–water partition coefficient (Wildman–Crippen LogP) is 2.80. The lowest BCUT2D eigenvalue weighted by Crippen LogP contribution is -2.32. The van der Waals surface area contributed by atoms with Gasteiger partial charge in [-0.1, -0.05) is 6.07 Å². The van der Waals surface area contributed by atoms with E-state index in [0.29, 0.717) is 16.9 Å². The second kappa shape index (κ2) is 8.98. The van der Waals surface area contributed by atoms with Gasteiger partial charge in [0.15, 0.2) is 6.61 Å². The monoisotopic (exact) mass is 476 g/mol. The maximum atomic E-state index is 13.0. The molecule has 180 valence electrons. The second-order valence-corrected chi connectivity index (χ2v) is 9.14. The summed E-state index contributed by atoms with van der Waals surface area (Å²) in [7, 11) is 1.28. The van der Waals surface area contributed by atoms with Gasteiger partial charge in [-0.25, -0.2) is 9.59 Å². The molecule has 3 fully saturated rings. The molecule has 2 bridgehead atoms. The molecule has 5 rings (SSSR count). The molecule has 0 unspecified atom stereocenters. The van der Waals surface area contributed by atoms with Crippen LogP contribution < -0.4 is 10.2 Å². The van der Waals surface area contributed by atoms with Crippen LogP contribution in [0.3, 0.4) is 0 Å². The number of esters is 2. The summed E-state index contributed by atoms with van der Waals surface area (Å²) < 4.78 is 9.74. The minimum absolute atomic E-state index is 0.137. The van der Waals surface area contributed by atoms with Crippen LogP contribution in [0.5, 0.6) is 0 Å². The lowest BCUT2D eigenvalue weighted by molar-refractivity contribution is -0.123. The Hall–Kier alpha value is -4.01. The molecule has 1 N–H and O–H groups in total. The molecular formula is C26H24N2O7. The molecule has 0 radical (unpaired) electrons. The third-order valence-electron chi connectivity index (χ3n) is 7.19. The third kappa shape index (κ3) is 4.07. The zero-order valence-electron chi connectivity index (χ0n) is 19.1. The maximum Gasteiger partial charge on any atom is 0.338 e. The van der Waals surface area contributed by atoms with Gasteiger partial charge in [-0.05, 0) is 73.6 Å². The first-order valence-corrected chi connectivity index (χ1v) is 11.5. The minimum Gasteiger partial charge on any atom is -0.465 e. The molecule has 2 aromatic rings. The van der Waals surface area contributed by atoms with Gasteiger partial charge >= 0.3 is 11.9 Å². The van der Waals surface area contributed by atoms with E-state index in [1.54, 1.807) is 12.1 Å². The molecule has 3 amide bonds. The molecule has 3 aliphatic rings. The third-order valence-corrected chi connectivity index (χ3v) is 7.19. The summed E-state index contributed by atoms with van der Waals surface area (Å²) in [5.74, 6) is -2.12. The van der Waals surface area contributed by atoms with Crippen LogP contribution in [0, 0.1) is 23.7 Å². The highest BCUT2D eigenvalue weighted by atomic mass is 16.5. The summed E-state index contributed by atoms with van der Waals surface area (Å²) in [6, 6.07) is 12.2. The molecule has 1 aliphatic heterocycles. The van der Waals surface area contributed by atoms with E-state index >= 15 is 0 Å². The average Bonchev–Trinajstić information content (AvgIpc) is 3.56. The van der Waals surface area contributed by atoms with E-state index in [-0.39, 0.29) is 41.0 Å². The van der Waals surface area contributed by atoms with Crippen molar-refractivity contribution in [3.8, 4) is 0 Å². The number of hydrogen-bond acceptors (Lipinski definition) is 7. The van der Waals surface area contributed by atoms with Crippen molar-refractivity contribution >= 4 is 41.0 Å². The van der Waals surface area contributed by atoms with Crippen molar-refractivity contribution in [3.05, 3.63) is 59.7 Å². The fourth-order valence-electron chi connectivity index (χ4n) is 5.65. The highest BCUT2D eigenvalue weighted by molar-refractivity contribution is 6.22. The van der Waals surface area contributed by atoms with Gasteiger partial charge in [0.05, 0.1) is 35.8 Å². The zero-order valence-corrected chi connectivity index (χ0v) is 19.1. The highest BCUT2D eigenvalue weighted by Crippen LogP contribution is 2.56. The van der Waals surface area contributed by atoms with Crippen molar-refractivity contribution in [3.63, 3.8) is 0 Å². The maximum absolute atomic E-state index is 13.0. The number of amides is 3. The van der Waals surface area contributed by atoms with Gasteiger partial charge in [0.2, 0.25) is 11.8 Å². The van der Waals surface area contributed by atoms with Crippen LogP contribution in [-0.4, -0.2) is 43.4 Å². The zero-order chi connectivity index (χ0) is 24.7. The SMILES string of the molecule is COC(=O)c1ccc(NC(=O)COC(=O)c2cccc(N3C(=O)[C@@H]4[C@@H]5CC[C@@H](C5)[C@@H]4C3=O)c2)cc1. The van der Waals surface area contributed by atoms with Gasteiger partial charge in [0, 0.05) is 5.69 Å². The number of carbonyl (C=O) groups excluding carboxylic acids is 5. The Morgan fingerprint density at radius 2 is 1.57 bits per heavy atom. The standard InChI is InChI=1S/C26H24N2O7/c1-34-25(32)14-7-9-18(10-8-14)27-20(29)13-35-26(33)17-3-2-4-19(12-17)28-23(30)21-15-5-6-16(11-15)22(21)24(28)31/h2-4,7-10,12,15-16,21-22H,5-6,11,13H2,1H3,(H,27,29)/t15-,16+,21-,22+. The number of anilines is 2. The molecule has 35 heavy (non-hydrogen) atoms. The van der Waals surface area contributed by atoms with Crippen molar-refractivity contribution in [1.29, 1.82) is 0 Å². The molecular weight excluding hydrogens is 452 g/mol. The fourth-order valence-corrected chi connectivity index (χ4v) is 5.65. The molecule has 1 heterocycles. The van der Waals surface area contributed by atoms with E-state index < -0.39 is 24.5 Å². The molecule has 1 saturated heterocycles. The smallest absolute Gasteiger partial charge is 0.338 e. The molecule has 4 atom stereocenters. The molecule has 2 aromatic carbocycles.